The molecule has 0 unspecified atom stereocenters. The second-order valence-electron chi connectivity index (χ2n) is 3.81. The summed E-state index contributed by atoms with van der Waals surface area (Å²) in [5.41, 5.74) is 0.776. The summed E-state index contributed by atoms with van der Waals surface area (Å²) >= 11 is 5.77. The summed E-state index contributed by atoms with van der Waals surface area (Å²) in [7, 11) is 0. The zero-order chi connectivity index (χ0) is 10.9. The van der Waals surface area contributed by atoms with Crippen molar-refractivity contribution in [3.05, 3.63) is 29.0 Å². The number of pyridine rings is 1. The molecule has 1 fully saturated rings. The molecule has 0 aliphatic heterocycles. The van der Waals surface area contributed by atoms with Crippen molar-refractivity contribution in [2.24, 2.45) is 0 Å². The molecule has 0 saturated heterocycles. The normalized spacial score (nSPS) is 19.9. The summed E-state index contributed by atoms with van der Waals surface area (Å²) in [4.78, 5) is 4.07. The largest absolute Gasteiger partial charge is 0.308 e. The van der Waals surface area contributed by atoms with Crippen LogP contribution in [0.4, 0.5) is 8.78 Å². The molecule has 0 spiro atoms. The van der Waals surface area contributed by atoms with Crippen LogP contribution in [0.2, 0.25) is 5.02 Å². The van der Waals surface area contributed by atoms with Crippen LogP contribution in [-0.4, -0.2) is 16.9 Å². The third-order valence-corrected chi connectivity index (χ3v) is 2.68. The first-order valence-electron chi connectivity index (χ1n) is 4.77. The van der Waals surface area contributed by atoms with Gasteiger partial charge in [-0.25, -0.2) is 8.78 Å². The molecule has 82 valence electrons. The van der Waals surface area contributed by atoms with Gasteiger partial charge in [-0.15, -0.1) is 0 Å². The third-order valence-electron chi connectivity index (χ3n) is 2.44. The van der Waals surface area contributed by atoms with Crippen LogP contribution in [0.25, 0.3) is 0 Å². The number of alkyl halides is 2. The minimum absolute atomic E-state index is 0.0758. The van der Waals surface area contributed by atoms with E-state index in [1.54, 1.807) is 18.3 Å². The standard InChI is InChI=1S/C10H11ClF2N2/c11-7-1-2-14-8(3-7)6-15-9-4-10(12,13)5-9/h1-3,9,15H,4-6H2. The number of aromatic nitrogens is 1. The van der Waals surface area contributed by atoms with E-state index in [4.69, 9.17) is 11.6 Å². The molecule has 5 heteroatoms. The number of nitrogens with one attached hydrogen (secondary N) is 1. The second-order valence-corrected chi connectivity index (χ2v) is 4.24. The molecule has 0 bridgehead atoms. The molecular weight excluding hydrogens is 222 g/mol. The first-order valence-corrected chi connectivity index (χ1v) is 5.15. The molecule has 1 aromatic heterocycles. The van der Waals surface area contributed by atoms with Crippen LogP contribution in [0.15, 0.2) is 18.3 Å². The summed E-state index contributed by atoms with van der Waals surface area (Å²) < 4.78 is 25.0. The molecule has 2 nitrogen and oxygen atoms in total. The lowest BCUT2D eigenvalue weighted by atomic mass is 9.88. The lowest BCUT2D eigenvalue weighted by Gasteiger charge is -2.35. The van der Waals surface area contributed by atoms with Gasteiger partial charge in [-0.1, -0.05) is 11.6 Å². The summed E-state index contributed by atoms with van der Waals surface area (Å²) in [6.07, 6.45) is 1.45. The van der Waals surface area contributed by atoms with E-state index in [1.807, 2.05) is 0 Å². The van der Waals surface area contributed by atoms with E-state index >= 15 is 0 Å². The maximum atomic E-state index is 12.5. The van der Waals surface area contributed by atoms with E-state index in [-0.39, 0.29) is 18.9 Å². The van der Waals surface area contributed by atoms with Crippen LogP contribution in [0.3, 0.4) is 0 Å². The minimum atomic E-state index is -2.47. The van der Waals surface area contributed by atoms with Crippen molar-refractivity contribution in [3.8, 4) is 0 Å². The van der Waals surface area contributed by atoms with Crippen molar-refractivity contribution >= 4 is 11.6 Å². The van der Waals surface area contributed by atoms with Crippen molar-refractivity contribution in [3.63, 3.8) is 0 Å². The Labute approximate surface area is 91.7 Å². The SMILES string of the molecule is FC1(F)CC(NCc2cc(Cl)ccn2)C1. The first-order chi connectivity index (χ1) is 7.05. The smallest absolute Gasteiger partial charge is 0.251 e. The quantitative estimate of drug-likeness (QED) is 0.867. The van der Waals surface area contributed by atoms with Crippen molar-refractivity contribution in [2.45, 2.75) is 31.4 Å². The van der Waals surface area contributed by atoms with Crippen LogP contribution in [-0.2, 0) is 6.54 Å². The fourth-order valence-corrected chi connectivity index (χ4v) is 1.78. The highest BCUT2D eigenvalue weighted by atomic mass is 35.5. The van der Waals surface area contributed by atoms with E-state index in [1.165, 1.54) is 0 Å². The lowest BCUT2D eigenvalue weighted by Crippen LogP contribution is -2.48. The van der Waals surface area contributed by atoms with Crippen LogP contribution >= 0.6 is 11.6 Å². The van der Waals surface area contributed by atoms with Gasteiger partial charge in [0.2, 0.25) is 0 Å². The van der Waals surface area contributed by atoms with Gasteiger partial charge in [0.05, 0.1) is 5.69 Å². The van der Waals surface area contributed by atoms with Gasteiger partial charge in [0.25, 0.3) is 5.92 Å². The van der Waals surface area contributed by atoms with E-state index in [0.29, 0.717) is 11.6 Å². The Bertz CT molecular complexity index is 349. The first kappa shape index (κ1) is 10.8. The number of rotatable bonds is 3. The Morgan fingerprint density at radius 2 is 2.27 bits per heavy atom. The van der Waals surface area contributed by atoms with E-state index in [0.717, 1.165) is 5.69 Å². The van der Waals surface area contributed by atoms with E-state index in [2.05, 4.69) is 10.3 Å². The molecule has 1 aliphatic carbocycles. The van der Waals surface area contributed by atoms with Crippen LogP contribution < -0.4 is 5.32 Å². The number of hydrogen-bond acceptors (Lipinski definition) is 2. The molecule has 0 amide bonds. The Kier molecular flexibility index (Phi) is 2.89. The molecule has 1 N–H and O–H groups in total. The van der Waals surface area contributed by atoms with Gasteiger partial charge in [-0.05, 0) is 12.1 Å². The Hall–Kier alpha value is -0.740. The molecule has 15 heavy (non-hydrogen) atoms. The fraction of sp³-hybridized carbons (Fsp3) is 0.500. The zero-order valence-electron chi connectivity index (χ0n) is 8.01. The molecule has 1 aliphatic rings. The number of hydrogen-bond donors (Lipinski definition) is 1. The van der Waals surface area contributed by atoms with Gasteiger partial charge in [0.1, 0.15) is 0 Å². The fourth-order valence-electron chi connectivity index (χ4n) is 1.60. The highest BCUT2D eigenvalue weighted by Crippen LogP contribution is 2.37. The summed E-state index contributed by atoms with van der Waals surface area (Å²) in [6, 6.07) is 3.31. The monoisotopic (exact) mass is 232 g/mol. The highest BCUT2D eigenvalue weighted by Gasteiger charge is 2.44. The topological polar surface area (TPSA) is 24.9 Å². The number of halogens is 3. The highest BCUT2D eigenvalue weighted by molar-refractivity contribution is 6.30. The van der Waals surface area contributed by atoms with E-state index < -0.39 is 5.92 Å². The molecule has 1 heterocycles. The second kappa shape index (κ2) is 4.02. The van der Waals surface area contributed by atoms with Gasteiger partial charge in [-0.3, -0.25) is 4.98 Å². The Morgan fingerprint density at radius 1 is 1.53 bits per heavy atom. The Balaban J connectivity index is 1.80. The van der Waals surface area contributed by atoms with Gasteiger partial charge in [-0.2, -0.15) is 0 Å². The number of nitrogens with zero attached hydrogens (tertiary/aromatic N) is 1. The maximum absolute atomic E-state index is 12.5. The molecular formula is C10H11ClF2N2. The predicted molar refractivity (Wildman–Crippen MR) is 54.1 cm³/mol. The molecule has 0 atom stereocenters. The van der Waals surface area contributed by atoms with Crippen molar-refractivity contribution in [2.75, 3.05) is 0 Å². The van der Waals surface area contributed by atoms with E-state index in [9.17, 15) is 8.78 Å². The van der Waals surface area contributed by atoms with Crippen LogP contribution in [0.1, 0.15) is 18.5 Å². The van der Waals surface area contributed by atoms with Crippen molar-refractivity contribution < 1.29 is 8.78 Å². The molecule has 0 radical (unpaired) electrons. The summed E-state index contributed by atoms with van der Waals surface area (Å²) in [6.45, 7) is 0.487. The molecule has 0 aromatic carbocycles. The van der Waals surface area contributed by atoms with Gasteiger partial charge >= 0.3 is 0 Å². The van der Waals surface area contributed by atoms with Crippen LogP contribution in [0, 0.1) is 0 Å². The third kappa shape index (κ3) is 2.86. The van der Waals surface area contributed by atoms with Gasteiger partial charge < -0.3 is 5.32 Å². The molecule has 1 saturated carbocycles. The van der Waals surface area contributed by atoms with Gasteiger partial charge in [0.15, 0.2) is 0 Å². The summed E-state index contributed by atoms with van der Waals surface area (Å²) in [5, 5.41) is 3.63. The molecule has 1 aromatic rings. The van der Waals surface area contributed by atoms with Crippen molar-refractivity contribution in [1.29, 1.82) is 0 Å². The molecule has 2 rings (SSSR count). The lowest BCUT2D eigenvalue weighted by molar-refractivity contribution is -0.0930. The van der Waals surface area contributed by atoms with Gasteiger partial charge in [0, 0.05) is 36.6 Å². The average Bonchev–Trinajstić information content (AvgIpc) is 2.11. The minimum Gasteiger partial charge on any atom is -0.308 e. The Morgan fingerprint density at radius 3 is 2.87 bits per heavy atom. The summed E-state index contributed by atoms with van der Waals surface area (Å²) in [5.74, 6) is -2.47. The predicted octanol–water partition coefficient (Wildman–Crippen LogP) is 2.62. The van der Waals surface area contributed by atoms with Crippen molar-refractivity contribution in [1.82, 2.24) is 10.3 Å². The average molecular weight is 233 g/mol. The zero-order valence-corrected chi connectivity index (χ0v) is 8.77. The van der Waals surface area contributed by atoms with Crippen LogP contribution in [0.5, 0.6) is 0 Å². The maximum Gasteiger partial charge on any atom is 0.251 e.